The average Bonchev–Trinajstić information content (AvgIpc) is 2.90. The molecule has 0 amide bonds. The molecule has 0 saturated heterocycles. The van der Waals surface area contributed by atoms with E-state index < -0.39 is 9.84 Å². The van der Waals surface area contributed by atoms with Gasteiger partial charge in [0.2, 0.25) is 5.78 Å². The minimum Gasteiger partial charge on any atom is -0.402 e. The number of fused-ring (bicyclic) bond motifs is 1. The maximum Gasteiger partial charge on any atom is 0.259 e. The summed E-state index contributed by atoms with van der Waals surface area (Å²) in [6.45, 7) is 2.19. The van der Waals surface area contributed by atoms with Gasteiger partial charge in [-0.05, 0) is 59.7 Å². The summed E-state index contributed by atoms with van der Waals surface area (Å²) in [6.07, 6.45) is 6.10. The zero-order valence-corrected chi connectivity index (χ0v) is 24.4. The number of carbonyl (C=O) groups is 1. The van der Waals surface area contributed by atoms with Crippen LogP contribution in [0.2, 0.25) is 0 Å². The van der Waals surface area contributed by atoms with Crippen LogP contribution in [0.1, 0.15) is 48.7 Å². The van der Waals surface area contributed by atoms with Crippen molar-refractivity contribution in [2.75, 3.05) is 6.26 Å². The van der Waals surface area contributed by atoms with E-state index in [4.69, 9.17) is 5.73 Å². The van der Waals surface area contributed by atoms with Crippen molar-refractivity contribution in [3.8, 4) is 11.1 Å². The summed E-state index contributed by atoms with van der Waals surface area (Å²) in [7, 11) is -3.37. The predicted molar refractivity (Wildman–Crippen MR) is 161 cm³/mol. The number of pyridine rings is 1. The van der Waals surface area contributed by atoms with Crippen molar-refractivity contribution >= 4 is 42.3 Å². The number of hydrogen-bond acceptors (Lipinski definition) is 5. The highest BCUT2D eigenvalue weighted by Gasteiger charge is 2.23. The molecule has 0 saturated carbocycles. The quantitative estimate of drug-likeness (QED) is 0.126. The highest BCUT2D eigenvalue weighted by atomic mass is 79.9. The lowest BCUT2D eigenvalue weighted by Gasteiger charge is -2.19. The van der Waals surface area contributed by atoms with Gasteiger partial charge in [0, 0.05) is 33.5 Å². The van der Waals surface area contributed by atoms with E-state index in [9.17, 15) is 18.0 Å². The van der Waals surface area contributed by atoms with Gasteiger partial charge < -0.3 is 5.73 Å². The minimum atomic E-state index is -3.37. The largest absolute Gasteiger partial charge is 0.402 e. The van der Waals surface area contributed by atoms with Gasteiger partial charge in [-0.3, -0.25) is 14.2 Å². The Labute approximate surface area is 237 Å². The number of nitrogens with zero attached hydrogens (tertiary/aromatic N) is 1. The fraction of sp³-hybridized carbons (Fsp3) is 0.226. The second-order valence-electron chi connectivity index (χ2n) is 9.63. The van der Waals surface area contributed by atoms with Crippen LogP contribution in [0.25, 0.3) is 21.9 Å². The molecule has 2 N–H and O–H groups in total. The Morgan fingerprint density at radius 2 is 1.67 bits per heavy atom. The number of sulfone groups is 1. The van der Waals surface area contributed by atoms with E-state index in [1.54, 1.807) is 24.3 Å². The number of aromatic nitrogens is 1. The Balaban J connectivity index is 1.99. The molecule has 1 heterocycles. The lowest BCUT2D eigenvalue weighted by atomic mass is 9.94. The molecule has 0 aliphatic heterocycles. The molecule has 0 radical (unpaired) electrons. The molecule has 0 aliphatic rings. The van der Waals surface area contributed by atoms with Crippen molar-refractivity contribution in [1.82, 2.24) is 4.57 Å². The first-order valence-electron chi connectivity index (χ1n) is 12.8. The second kappa shape index (κ2) is 12.1. The van der Waals surface area contributed by atoms with Gasteiger partial charge in [0.05, 0.1) is 11.4 Å². The van der Waals surface area contributed by atoms with Crippen LogP contribution in [0.5, 0.6) is 0 Å². The summed E-state index contributed by atoms with van der Waals surface area (Å²) >= 11 is 3.52. The SMILES string of the molecule is CCCCC/C(N)=C\C(=O)c1c(-c2ccccc2)c2cc(Br)ccc2c(=O)n1Cc1ccc(S(C)(=O)=O)cc1. The molecule has 0 fully saturated rings. The van der Waals surface area contributed by atoms with Crippen LogP contribution < -0.4 is 11.3 Å². The first-order chi connectivity index (χ1) is 18.6. The molecule has 0 atom stereocenters. The van der Waals surface area contributed by atoms with Crippen molar-refractivity contribution in [2.45, 2.75) is 44.0 Å². The Kier molecular flexibility index (Phi) is 8.87. The van der Waals surface area contributed by atoms with E-state index in [-0.39, 0.29) is 28.5 Å². The molecule has 1 aromatic heterocycles. The summed E-state index contributed by atoms with van der Waals surface area (Å²) in [5.41, 5.74) is 8.78. The molecule has 4 aromatic rings. The zero-order chi connectivity index (χ0) is 28.2. The van der Waals surface area contributed by atoms with Gasteiger partial charge in [0.25, 0.3) is 5.56 Å². The highest BCUT2D eigenvalue weighted by Crippen LogP contribution is 2.33. The monoisotopic (exact) mass is 606 g/mol. The lowest BCUT2D eigenvalue weighted by Crippen LogP contribution is -2.28. The number of rotatable bonds is 10. The Morgan fingerprint density at radius 3 is 2.31 bits per heavy atom. The number of carbonyl (C=O) groups excluding carboxylic acids is 1. The standard InChI is InChI=1S/C31H31BrN2O4S/c1-3-4-6-11-24(33)19-28(35)30-29(22-9-7-5-8-10-22)27-18-23(32)14-17-26(27)31(36)34(30)20-21-12-15-25(16-13-21)39(2,37)38/h5,7-10,12-19H,3-4,6,11,20,33H2,1-2H3/b24-19+. The first kappa shape index (κ1) is 28.5. The number of halogens is 1. The molecular formula is C31H31BrN2O4S. The van der Waals surface area contributed by atoms with Gasteiger partial charge in [0.15, 0.2) is 9.84 Å². The van der Waals surface area contributed by atoms with Gasteiger partial charge in [0.1, 0.15) is 5.69 Å². The molecule has 0 spiro atoms. The number of nitrogens with two attached hydrogens (primary N) is 1. The molecule has 3 aromatic carbocycles. The minimum absolute atomic E-state index is 0.0827. The number of ketones is 1. The molecule has 0 unspecified atom stereocenters. The fourth-order valence-corrected chi connectivity index (χ4v) is 5.63. The van der Waals surface area contributed by atoms with Gasteiger partial charge in [-0.2, -0.15) is 0 Å². The van der Waals surface area contributed by atoms with Crippen LogP contribution in [0.3, 0.4) is 0 Å². The molecule has 39 heavy (non-hydrogen) atoms. The summed E-state index contributed by atoms with van der Waals surface area (Å²) < 4.78 is 26.2. The number of unbranched alkanes of at least 4 members (excludes halogenated alkanes) is 2. The van der Waals surface area contributed by atoms with Crippen LogP contribution in [-0.2, 0) is 16.4 Å². The zero-order valence-electron chi connectivity index (χ0n) is 22.0. The molecule has 0 bridgehead atoms. The van der Waals surface area contributed by atoms with Gasteiger partial charge in [-0.25, -0.2) is 8.42 Å². The summed E-state index contributed by atoms with van der Waals surface area (Å²) in [5.74, 6) is -0.352. The van der Waals surface area contributed by atoms with Gasteiger partial charge in [-0.15, -0.1) is 0 Å². The summed E-state index contributed by atoms with van der Waals surface area (Å²) in [5, 5.41) is 1.13. The van der Waals surface area contributed by atoms with Crippen LogP contribution in [0.4, 0.5) is 0 Å². The van der Waals surface area contributed by atoms with Crippen LogP contribution >= 0.6 is 15.9 Å². The van der Waals surface area contributed by atoms with Crippen molar-refractivity contribution in [3.05, 3.63) is 111 Å². The lowest BCUT2D eigenvalue weighted by molar-refractivity contribution is 0.103. The van der Waals surface area contributed by atoms with E-state index in [0.717, 1.165) is 35.6 Å². The van der Waals surface area contributed by atoms with E-state index >= 15 is 0 Å². The number of benzene rings is 3. The van der Waals surface area contributed by atoms with Crippen molar-refractivity contribution in [3.63, 3.8) is 0 Å². The Morgan fingerprint density at radius 1 is 0.974 bits per heavy atom. The van der Waals surface area contributed by atoms with Crippen molar-refractivity contribution < 1.29 is 13.2 Å². The topological polar surface area (TPSA) is 99.2 Å². The first-order valence-corrected chi connectivity index (χ1v) is 15.5. The van der Waals surface area contributed by atoms with Crippen molar-refractivity contribution in [2.24, 2.45) is 5.73 Å². The van der Waals surface area contributed by atoms with Crippen LogP contribution in [-0.4, -0.2) is 25.0 Å². The maximum absolute atomic E-state index is 14.0. The number of hydrogen-bond donors (Lipinski definition) is 1. The van der Waals surface area contributed by atoms with Crippen LogP contribution in [0, 0.1) is 0 Å². The summed E-state index contributed by atoms with van der Waals surface area (Å²) in [6, 6.07) is 21.3. The molecule has 8 heteroatoms. The van der Waals surface area contributed by atoms with E-state index in [1.165, 1.54) is 22.8 Å². The third-order valence-electron chi connectivity index (χ3n) is 6.61. The molecular weight excluding hydrogens is 576 g/mol. The summed E-state index contributed by atoms with van der Waals surface area (Å²) in [4.78, 5) is 28.1. The average molecular weight is 608 g/mol. The predicted octanol–water partition coefficient (Wildman–Crippen LogP) is 6.49. The third-order valence-corrected chi connectivity index (χ3v) is 8.23. The van der Waals surface area contributed by atoms with Crippen LogP contribution in [0.15, 0.2) is 98.7 Å². The van der Waals surface area contributed by atoms with E-state index in [0.29, 0.717) is 34.0 Å². The fourth-order valence-electron chi connectivity index (χ4n) is 4.64. The molecule has 4 rings (SSSR count). The smallest absolute Gasteiger partial charge is 0.259 e. The van der Waals surface area contributed by atoms with E-state index in [2.05, 4.69) is 22.9 Å². The number of allylic oxidation sites excluding steroid dienone is 2. The highest BCUT2D eigenvalue weighted by molar-refractivity contribution is 9.10. The van der Waals surface area contributed by atoms with Gasteiger partial charge >= 0.3 is 0 Å². The molecule has 0 aliphatic carbocycles. The maximum atomic E-state index is 14.0. The Hall–Kier alpha value is -3.49. The second-order valence-corrected chi connectivity index (χ2v) is 12.6. The van der Waals surface area contributed by atoms with Gasteiger partial charge in [-0.1, -0.05) is 78.2 Å². The molecule has 202 valence electrons. The normalized spacial score (nSPS) is 12.1. The molecule has 6 nitrogen and oxygen atoms in total. The third kappa shape index (κ3) is 6.57. The van der Waals surface area contributed by atoms with Crippen molar-refractivity contribution in [1.29, 1.82) is 0 Å². The van der Waals surface area contributed by atoms with E-state index in [1.807, 2.05) is 36.4 Å². The Bertz CT molecular complexity index is 1710.